The van der Waals surface area contributed by atoms with Gasteiger partial charge in [-0.25, -0.2) is 4.99 Å². The first kappa shape index (κ1) is 18.4. The molecule has 0 aliphatic heterocycles. The predicted octanol–water partition coefficient (Wildman–Crippen LogP) is 4.27. The molecule has 6 nitrogen and oxygen atoms in total. The molecule has 1 aromatic carbocycles. The number of hydrogen-bond donors (Lipinski definition) is 2. The van der Waals surface area contributed by atoms with Gasteiger partial charge in [-0.05, 0) is 49.6 Å². The molecular weight excluding hydrogens is 370 g/mol. The maximum atomic E-state index is 5.90. The third kappa shape index (κ3) is 4.83. The van der Waals surface area contributed by atoms with Crippen molar-refractivity contribution in [2.45, 2.75) is 26.4 Å². The second kappa shape index (κ2) is 8.82. The summed E-state index contributed by atoms with van der Waals surface area (Å²) in [6.45, 7) is 5.19. The average Bonchev–Trinajstić information content (AvgIpc) is 3.32. The number of hydrogen-bond acceptors (Lipinski definition) is 5. The molecule has 0 amide bonds. The summed E-state index contributed by atoms with van der Waals surface area (Å²) in [5.41, 5.74) is 0.852. The van der Waals surface area contributed by atoms with Crippen LogP contribution in [0.15, 0.2) is 51.3 Å². The van der Waals surface area contributed by atoms with Crippen LogP contribution in [0.25, 0.3) is 11.4 Å². The van der Waals surface area contributed by atoms with Crippen molar-refractivity contribution >= 4 is 28.9 Å². The summed E-state index contributed by atoms with van der Waals surface area (Å²) in [4.78, 5) is 10.2. The molecule has 2 N–H and O–H groups in total. The fourth-order valence-electron chi connectivity index (χ4n) is 2.32. The highest BCUT2D eigenvalue weighted by Crippen LogP contribution is 2.19. The van der Waals surface area contributed by atoms with Gasteiger partial charge in [-0.15, -0.1) is 11.3 Å². The van der Waals surface area contributed by atoms with Crippen molar-refractivity contribution in [3.63, 3.8) is 0 Å². The van der Waals surface area contributed by atoms with Crippen LogP contribution in [-0.2, 0) is 6.54 Å². The van der Waals surface area contributed by atoms with Gasteiger partial charge in [-0.3, -0.25) is 0 Å². The Morgan fingerprint density at radius 1 is 1.31 bits per heavy atom. The number of guanidine groups is 1. The Balaban J connectivity index is 1.67. The number of aliphatic imine (C=N–C) groups is 1. The summed E-state index contributed by atoms with van der Waals surface area (Å²) in [6, 6.07) is 11.6. The first-order valence-electron chi connectivity index (χ1n) is 8.32. The molecule has 0 fully saturated rings. The van der Waals surface area contributed by atoms with Crippen molar-refractivity contribution < 1.29 is 4.52 Å². The standard InChI is InChI=1S/C18H20ClN5OS/c1-3-20-18(22-12(2)15-5-4-10-26-15)21-11-16-23-17(24-25-16)13-6-8-14(19)9-7-13/h4-10,12H,3,11H2,1-2H3,(H2,20,21,22). The van der Waals surface area contributed by atoms with E-state index in [0.717, 1.165) is 12.1 Å². The normalized spacial score (nSPS) is 12.8. The van der Waals surface area contributed by atoms with Crippen LogP contribution in [0.5, 0.6) is 0 Å². The van der Waals surface area contributed by atoms with Gasteiger partial charge in [0.1, 0.15) is 6.54 Å². The van der Waals surface area contributed by atoms with E-state index in [-0.39, 0.29) is 6.04 Å². The van der Waals surface area contributed by atoms with E-state index < -0.39 is 0 Å². The summed E-state index contributed by atoms with van der Waals surface area (Å²) in [6.07, 6.45) is 0. The summed E-state index contributed by atoms with van der Waals surface area (Å²) < 4.78 is 5.30. The average molecular weight is 390 g/mol. The fourth-order valence-corrected chi connectivity index (χ4v) is 3.18. The number of nitrogens with one attached hydrogen (secondary N) is 2. The van der Waals surface area contributed by atoms with Gasteiger partial charge in [0.25, 0.3) is 0 Å². The van der Waals surface area contributed by atoms with E-state index in [1.165, 1.54) is 4.88 Å². The topological polar surface area (TPSA) is 75.3 Å². The summed E-state index contributed by atoms with van der Waals surface area (Å²) in [7, 11) is 0. The lowest BCUT2D eigenvalue weighted by atomic mass is 10.2. The molecule has 1 unspecified atom stereocenters. The Hall–Kier alpha value is -2.38. The van der Waals surface area contributed by atoms with E-state index in [0.29, 0.717) is 29.2 Å². The van der Waals surface area contributed by atoms with Gasteiger partial charge in [0.2, 0.25) is 11.7 Å². The van der Waals surface area contributed by atoms with Crippen molar-refractivity contribution in [3.05, 3.63) is 57.6 Å². The molecule has 8 heteroatoms. The second-order valence-corrected chi connectivity index (χ2v) is 7.01. The van der Waals surface area contributed by atoms with E-state index in [4.69, 9.17) is 16.1 Å². The molecular formula is C18H20ClN5OS. The minimum atomic E-state index is 0.167. The highest BCUT2D eigenvalue weighted by atomic mass is 35.5. The van der Waals surface area contributed by atoms with Crippen molar-refractivity contribution in [2.75, 3.05) is 6.54 Å². The maximum absolute atomic E-state index is 5.90. The molecule has 3 aromatic rings. The molecule has 136 valence electrons. The number of thiophene rings is 1. The lowest BCUT2D eigenvalue weighted by molar-refractivity contribution is 0.380. The van der Waals surface area contributed by atoms with Crippen LogP contribution in [0.3, 0.4) is 0 Å². The van der Waals surface area contributed by atoms with Crippen LogP contribution in [-0.4, -0.2) is 22.6 Å². The van der Waals surface area contributed by atoms with Gasteiger partial charge < -0.3 is 15.2 Å². The number of halogens is 1. The predicted molar refractivity (Wildman–Crippen MR) is 105 cm³/mol. The van der Waals surface area contributed by atoms with E-state index in [1.807, 2.05) is 25.1 Å². The van der Waals surface area contributed by atoms with Crippen LogP contribution >= 0.6 is 22.9 Å². The van der Waals surface area contributed by atoms with Crippen LogP contribution in [0, 0.1) is 0 Å². The monoisotopic (exact) mass is 389 g/mol. The molecule has 0 radical (unpaired) electrons. The Morgan fingerprint density at radius 3 is 2.81 bits per heavy atom. The number of aromatic nitrogens is 2. The zero-order valence-corrected chi connectivity index (χ0v) is 16.1. The molecule has 0 bridgehead atoms. The minimum Gasteiger partial charge on any atom is -0.357 e. The van der Waals surface area contributed by atoms with Gasteiger partial charge in [-0.1, -0.05) is 22.8 Å². The van der Waals surface area contributed by atoms with Crippen molar-refractivity contribution in [1.82, 2.24) is 20.8 Å². The largest absolute Gasteiger partial charge is 0.357 e. The van der Waals surface area contributed by atoms with Gasteiger partial charge in [0.05, 0.1) is 6.04 Å². The lowest BCUT2D eigenvalue weighted by Gasteiger charge is -2.16. The highest BCUT2D eigenvalue weighted by Gasteiger charge is 2.11. The van der Waals surface area contributed by atoms with Gasteiger partial charge in [-0.2, -0.15) is 4.98 Å². The van der Waals surface area contributed by atoms with Gasteiger partial charge >= 0.3 is 0 Å². The molecule has 26 heavy (non-hydrogen) atoms. The summed E-state index contributed by atoms with van der Waals surface area (Å²) in [5.74, 6) is 1.69. The third-order valence-corrected chi connectivity index (χ3v) is 4.92. The Bertz CT molecular complexity index is 845. The first-order valence-corrected chi connectivity index (χ1v) is 9.58. The van der Waals surface area contributed by atoms with Gasteiger partial charge in [0.15, 0.2) is 5.96 Å². The molecule has 0 aliphatic carbocycles. The number of rotatable bonds is 6. The molecule has 1 atom stereocenters. The highest BCUT2D eigenvalue weighted by molar-refractivity contribution is 7.10. The molecule has 2 aromatic heterocycles. The molecule has 0 aliphatic rings. The van der Waals surface area contributed by atoms with Crippen LogP contribution in [0.2, 0.25) is 5.02 Å². The van der Waals surface area contributed by atoms with Crippen molar-refractivity contribution in [1.29, 1.82) is 0 Å². The zero-order chi connectivity index (χ0) is 18.4. The maximum Gasteiger partial charge on any atom is 0.248 e. The molecule has 0 spiro atoms. The lowest BCUT2D eigenvalue weighted by Crippen LogP contribution is -2.38. The zero-order valence-electron chi connectivity index (χ0n) is 14.6. The van der Waals surface area contributed by atoms with Crippen molar-refractivity contribution in [3.8, 4) is 11.4 Å². The number of nitrogens with zero attached hydrogens (tertiary/aromatic N) is 3. The van der Waals surface area contributed by atoms with Crippen LogP contribution in [0.4, 0.5) is 0 Å². The van der Waals surface area contributed by atoms with Crippen molar-refractivity contribution in [2.24, 2.45) is 4.99 Å². The molecule has 0 saturated heterocycles. The SMILES string of the molecule is CCNC(=NCc1nc(-c2ccc(Cl)cc2)no1)NC(C)c1cccs1. The minimum absolute atomic E-state index is 0.167. The third-order valence-electron chi connectivity index (χ3n) is 3.61. The van der Waals surface area contributed by atoms with Crippen LogP contribution < -0.4 is 10.6 Å². The molecule has 3 rings (SSSR count). The molecule has 0 saturated carbocycles. The smallest absolute Gasteiger partial charge is 0.248 e. The Kier molecular flexibility index (Phi) is 6.25. The van der Waals surface area contributed by atoms with E-state index in [9.17, 15) is 0 Å². The quantitative estimate of drug-likeness (QED) is 0.486. The van der Waals surface area contributed by atoms with E-state index in [1.54, 1.807) is 23.5 Å². The second-order valence-electron chi connectivity index (χ2n) is 5.60. The van der Waals surface area contributed by atoms with E-state index in [2.05, 4.69) is 44.1 Å². The molecule has 2 heterocycles. The van der Waals surface area contributed by atoms with Gasteiger partial charge in [0, 0.05) is 22.0 Å². The summed E-state index contributed by atoms with van der Waals surface area (Å²) >= 11 is 7.61. The Labute approximate surface area is 161 Å². The Morgan fingerprint density at radius 2 is 2.12 bits per heavy atom. The van der Waals surface area contributed by atoms with E-state index >= 15 is 0 Å². The number of benzene rings is 1. The first-order chi connectivity index (χ1) is 12.7. The van der Waals surface area contributed by atoms with Crippen LogP contribution in [0.1, 0.15) is 30.7 Å². The summed E-state index contributed by atoms with van der Waals surface area (Å²) in [5, 5.41) is 13.3. The fraction of sp³-hybridized carbons (Fsp3) is 0.278.